The molecule has 0 fully saturated rings. The number of aryl methyl sites for hydroxylation is 1. The van der Waals surface area contributed by atoms with Crippen LogP contribution in [-0.2, 0) is 19.6 Å². The number of nitrogens with zero attached hydrogens (tertiary/aromatic N) is 2. The van der Waals surface area contributed by atoms with Crippen molar-refractivity contribution in [1.82, 2.24) is 14.9 Å². The van der Waals surface area contributed by atoms with Crippen molar-refractivity contribution in [1.29, 1.82) is 0 Å². The van der Waals surface area contributed by atoms with Gasteiger partial charge in [-0.1, -0.05) is 36.2 Å². The minimum atomic E-state index is -0.384. The van der Waals surface area contributed by atoms with Crippen LogP contribution >= 0.6 is 35.4 Å². The lowest BCUT2D eigenvalue weighted by Gasteiger charge is -2.15. The van der Waals surface area contributed by atoms with E-state index >= 15 is 0 Å². The van der Waals surface area contributed by atoms with E-state index in [0.717, 1.165) is 24.2 Å². The Morgan fingerprint density at radius 2 is 2.04 bits per heavy atom. The zero-order valence-electron chi connectivity index (χ0n) is 15.1. The number of rotatable bonds is 8. The predicted molar refractivity (Wildman–Crippen MR) is 112 cm³/mol. The monoisotopic (exact) mass is 440 g/mol. The first-order valence-corrected chi connectivity index (χ1v) is 9.89. The molecule has 9 heteroatoms. The first kappa shape index (κ1) is 20.6. The minimum absolute atomic E-state index is 0.208. The van der Waals surface area contributed by atoms with Gasteiger partial charge >= 0.3 is 0 Å². The van der Waals surface area contributed by atoms with Crippen molar-refractivity contribution >= 4 is 35.4 Å². The maximum atomic E-state index is 13.2. The van der Waals surface area contributed by atoms with Crippen molar-refractivity contribution in [2.45, 2.75) is 32.9 Å². The van der Waals surface area contributed by atoms with Crippen LogP contribution < -0.4 is 10.2 Å². The normalized spacial score (nSPS) is 10.9. The van der Waals surface area contributed by atoms with Gasteiger partial charge < -0.3 is 10.2 Å². The van der Waals surface area contributed by atoms with Crippen LogP contribution in [-0.4, -0.2) is 14.9 Å². The summed E-state index contributed by atoms with van der Waals surface area (Å²) in [7, 11) is 0. The van der Waals surface area contributed by atoms with Crippen LogP contribution in [0.4, 0.5) is 4.39 Å². The van der Waals surface area contributed by atoms with E-state index in [9.17, 15) is 4.39 Å². The number of aromatic nitrogens is 3. The second-order valence-electron chi connectivity index (χ2n) is 6.14. The van der Waals surface area contributed by atoms with Gasteiger partial charge in [-0.15, -0.1) is 0 Å². The van der Waals surface area contributed by atoms with Gasteiger partial charge in [-0.05, 0) is 49.0 Å². The summed E-state index contributed by atoms with van der Waals surface area (Å²) in [5.41, 5.74) is 4.79. The third-order valence-corrected chi connectivity index (χ3v) is 4.92. The Hall–Kier alpha value is -2.09. The fraction of sp³-hybridized carbons (Fsp3) is 0.263. The summed E-state index contributed by atoms with van der Waals surface area (Å²) in [6.07, 6.45) is 1.74. The molecule has 1 heterocycles. The summed E-state index contributed by atoms with van der Waals surface area (Å²) in [6, 6.07) is 9.58. The molecule has 0 unspecified atom stereocenters. The van der Waals surface area contributed by atoms with Crippen LogP contribution in [0.15, 0.2) is 36.4 Å². The third kappa shape index (κ3) is 5.04. The lowest BCUT2D eigenvalue weighted by molar-refractivity contribution is 0.303. The fourth-order valence-electron chi connectivity index (χ4n) is 2.67. The van der Waals surface area contributed by atoms with Gasteiger partial charge in [0, 0.05) is 22.6 Å². The Labute approximate surface area is 177 Å². The average molecular weight is 441 g/mol. The number of H-pyrrole nitrogens is 1. The van der Waals surface area contributed by atoms with Crippen LogP contribution in [0, 0.1) is 10.6 Å². The molecule has 0 saturated carbocycles. The van der Waals surface area contributed by atoms with E-state index in [1.165, 1.54) is 12.1 Å². The molecule has 148 valence electrons. The van der Waals surface area contributed by atoms with Crippen molar-refractivity contribution < 1.29 is 9.13 Å². The van der Waals surface area contributed by atoms with Crippen molar-refractivity contribution in [2.75, 3.05) is 5.43 Å². The van der Waals surface area contributed by atoms with E-state index in [4.69, 9.17) is 40.2 Å². The number of hydrogen-bond donors (Lipinski definition) is 2. The van der Waals surface area contributed by atoms with E-state index in [-0.39, 0.29) is 12.4 Å². The molecule has 2 N–H and O–H groups in total. The molecule has 0 bridgehead atoms. The molecule has 0 aliphatic carbocycles. The van der Waals surface area contributed by atoms with Gasteiger partial charge in [0.1, 0.15) is 18.2 Å². The van der Waals surface area contributed by atoms with Gasteiger partial charge in [-0.3, -0.25) is 5.10 Å². The molecule has 1 aromatic heterocycles. The van der Waals surface area contributed by atoms with Gasteiger partial charge in [-0.25, -0.2) is 9.07 Å². The highest BCUT2D eigenvalue weighted by molar-refractivity contribution is 7.71. The molecule has 2 aromatic carbocycles. The Balaban J connectivity index is 1.76. The molecule has 0 amide bonds. The molecular weight excluding hydrogens is 422 g/mol. The van der Waals surface area contributed by atoms with Crippen LogP contribution in [0.2, 0.25) is 10.0 Å². The molecule has 5 nitrogen and oxygen atoms in total. The Kier molecular flexibility index (Phi) is 6.93. The maximum Gasteiger partial charge on any atom is 0.214 e. The van der Waals surface area contributed by atoms with E-state index in [1.807, 2.05) is 6.07 Å². The predicted octanol–water partition coefficient (Wildman–Crippen LogP) is 5.66. The standard InChI is InChI=1S/C19H19Cl2FN4OS/c1-2-3-18-24-25-19(28)26(18)23-10-13-8-14(20)5-7-17(13)27-11-12-4-6-15(22)9-16(12)21/h4-9,23H,2-3,10-11H2,1H3,(H,25,28). The molecule has 3 rings (SSSR count). The molecule has 0 saturated heterocycles. The molecule has 0 aliphatic rings. The highest BCUT2D eigenvalue weighted by atomic mass is 35.5. The smallest absolute Gasteiger partial charge is 0.214 e. The zero-order valence-corrected chi connectivity index (χ0v) is 17.5. The number of hydrogen-bond acceptors (Lipinski definition) is 4. The van der Waals surface area contributed by atoms with Crippen molar-refractivity contribution in [3.63, 3.8) is 0 Å². The SMILES string of the molecule is CCCc1n[nH]c(=S)n1NCc1cc(Cl)ccc1OCc1ccc(F)cc1Cl. The molecule has 0 spiro atoms. The average Bonchev–Trinajstić information content (AvgIpc) is 3.00. The summed E-state index contributed by atoms with van der Waals surface area (Å²) in [4.78, 5) is 0. The topological polar surface area (TPSA) is 54.9 Å². The maximum absolute atomic E-state index is 13.2. The summed E-state index contributed by atoms with van der Waals surface area (Å²) in [5, 5.41) is 7.94. The highest BCUT2D eigenvalue weighted by Crippen LogP contribution is 2.26. The summed E-state index contributed by atoms with van der Waals surface area (Å²) < 4.78 is 21.4. The molecular formula is C19H19Cl2FN4OS. The largest absolute Gasteiger partial charge is 0.488 e. The van der Waals surface area contributed by atoms with E-state index in [1.54, 1.807) is 22.9 Å². The number of benzene rings is 2. The van der Waals surface area contributed by atoms with E-state index < -0.39 is 0 Å². The van der Waals surface area contributed by atoms with Gasteiger partial charge in [0.05, 0.1) is 11.6 Å². The van der Waals surface area contributed by atoms with Crippen molar-refractivity contribution in [3.05, 3.63) is 74.0 Å². The number of ether oxygens (including phenoxy) is 1. The van der Waals surface area contributed by atoms with Crippen molar-refractivity contribution in [2.24, 2.45) is 0 Å². The second kappa shape index (κ2) is 9.41. The van der Waals surface area contributed by atoms with E-state index in [2.05, 4.69) is 22.5 Å². The Morgan fingerprint density at radius 3 is 2.79 bits per heavy atom. The number of aromatic amines is 1. The molecule has 0 radical (unpaired) electrons. The van der Waals surface area contributed by atoms with Crippen LogP contribution in [0.5, 0.6) is 5.75 Å². The molecule has 28 heavy (non-hydrogen) atoms. The number of nitrogens with one attached hydrogen (secondary N) is 2. The number of halogens is 3. The zero-order chi connectivity index (χ0) is 20.1. The fourth-order valence-corrected chi connectivity index (χ4v) is 3.30. The van der Waals surface area contributed by atoms with Gasteiger partial charge in [-0.2, -0.15) is 5.10 Å². The summed E-state index contributed by atoms with van der Waals surface area (Å²) >= 11 is 17.5. The molecule has 0 atom stereocenters. The van der Waals surface area contributed by atoms with Gasteiger partial charge in [0.15, 0.2) is 5.82 Å². The first-order chi connectivity index (χ1) is 13.5. The molecule has 0 aliphatic heterocycles. The van der Waals surface area contributed by atoms with Gasteiger partial charge in [0.25, 0.3) is 0 Å². The van der Waals surface area contributed by atoms with Crippen molar-refractivity contribution in [3.8, 4) is 5.75 Å². The first-order valence-electron chi connectivity index (χ1n) is 8.73. The van der Waals surface area contributed by atoms with Crippen LogP contribution in [0.1, 0.15) is 30.3 Å². The summed E-state index contributed by atoms with van der Waals surface area (Å²) in [6.45, 7) is 2.71. The van der Waals surface area contributed by atoms with E-state index in [0.29, 0.717) is 32.7 Å². The van der Waals surface area contributed by atoms with Gasteiger partial charge in [0.2, 0.25) is 4.77 Å². The quantitative estimate of drug-likeness (QED) is 0.443. The van der Waals surface area contributed by atoms with Crippen LogP contribution in [0.25, 0.3) is 0 Å². The van der Waals surface area contributed by atoms with Crippen LogP contribution in [0.3, 0.4) is 0 Å². The second-order valence-corrected chi connectivity index (χ2v) is 7.37. The lowest BCUT2D eigenvalue weighted by Crippen LogP contribution is -2.18. The molecule has 3 aromatic rings. The minimum Gasteiger partial charge on any atom is -0.488 e. The third-order valence-electron chi connectivity index (χ3n) is 4.06. The Morgan fingerprint density at radius 1 is 1.21 bits per heavy atom. The lowest BCUT2D eigenvalue weighted by atomic mass is 10.2. The highest BCUT2D eigenvalue weighted by Gasteiger charge is 2.10. The summed E-state index contributed by atoms with van der Waals surface area (Å²) in [5.74, 6) is 1.09. The Bertz CT molecular complexity index is 1020.